The highest BCUT2D eigenvalue weighted by Gasteiger charge is 2.33. The van der Waals surface area contributed by atoms with Crippen LogP contribution >= 0.6 is 0 Å². The summed E-state index contributed by atoms with van der Waals surface area (Å²) in [6.45, 7) is 3.22. The first-order valence-electron chi connectivity index (χ1n) is 5.33. The molecule has 0 aliphatic carbocycles. The molecule has 0 aliphatic rings. The topological polar surface area (TPSA) is 101 Å². The van der Waals surface area contributed by atoms with Gasteiger partial charge in [-0.2, -0.15) is 0 Å². The number of aliphatic carboxylic acids is 1. The van der Waals surface area contributed by atoms with Gasteiger partial charge in [0.15, 0.2) is 0 Å². The smallest absolute Gasteiger partial charge is 0.329 e. The van der Waals surface area contributed by atoms with E-state index in [1.807, 2.05) is 6.92 Å². The van der Waals surface area contributed by atoms with Crippen molar-refractivity contribution in [3.05, 3.63) is 0 Å². The van der Waals surface area contributed by atoms with Gasteiger partial charge in [0.1, 0.15) is 15.4 Å². The maximum Gasteiger partial charge on any atom is 0.329 e. The lowest BCUT2D eigenvalue weighted by Crippen LogP contribution is -2.52. The largest absolute Gasteiger partial charge is 0.480 e. The molecule has 0 aromatic carbocycles. The molecule has 0 bridgehead atoms. The maximum absolute atomic E-state index is 11.4. The van der Waals surface area contributed by atoms with Crippen LogP contribution in [0.1, 0.15) is 33.1 Å². The molecule has 6 nitrogen and oxygen atoms in total. The number of rotatable bonds is 7. The molecule has 100 valence electrons. The average Bonchev–Trinajstić information content (AvgIpc) is 2.13. The van der Waals surface area contributed by atoms with E-state index >= 15 is 0 Å². The van der Waals surface area contributed by atoms with Crippen molar-refractivity contribution in [3.63, 3.8) is 0 Å². The van der Waals surface area contributed by atoms with E-state index in [9.17, 15) is 18.0 Å². The molecule has 0 aromatic heterocycles. The number of carbonyl (C=O) groups excluding carboxylic acids is 1. The standard InChI is InChI=1S/C10H19NO5S/c1-4-6-10(2,9(13)14)11-8(12)5-7-17(3,15)16/h4-7H2,1-3H3,(H,11,12)(H,13,14). The molecule has 2 N–H and O–H groups in total. The van der Waals surface area contributed by atoms with Crippen LogP contribution < -0.4 is 5.32 Å². The number of carboxylic acid groups (broad SMARTS) is 1. The molecule has 1 atom stereocenters. The van der Waals surface area contributed by atoms with E-state index in [2.05, 4.69) is 5.32 Å². The highest BCUT2D eigenvalue weighted by atomic mass is 32.2. The Morgan fingerprint density at radius 3 is 2.24 bits per heavy atom. The Labute approximate surface area is 101 Å². The van der Waals surface area contributed by atoms with Gasteiger partial charge in [0.2, 0.25) is 5.91 Å². The van der Waals surface area contributed by atoms with Gasteiger partial charge in [0.25, 0.3) is 0 Å². The van der Waals surface area contributed by atoms with Gasteiger partial charge in [-0.15, -0.1) is 0 Å². The summed E-state index contributed by atoms with van der Waals surface area (Å²) in [5, 5.41) is 11.4. The molecule has 1 amide bonds. The van der Waals surface area contributed by atoms with Crippen molar-refractivity contribution >= 4 is 21.7 Å². The van der Waals surface area contributed by atoms with Crippen molar-refractivity contribution in [2.45, 2.75) is 38.6 Å². The van der Waals surface area contributed by atoms with Gasteiger partial charge < -0.3 is 10.4 Å². The fourth-order valence-electron chi connectivity index (χ4n) is 1.37. The molecule has 0 saturated heterocycles. The monoisotopic (exact) mass is 265 g/mol. The SMILES string of the molecule is CCCC(C)(NC(=O)CCS(C)(=O)=O)C(=O)O. The Morgan fingerprint density at radius 2 is 1.88 bits per heavy atom. The Kier molecular flexibility index (Phi) is 5.60. The zero-order valence-corrected chi connectivity index (χ0v) is 11.1. The summed E-state index contributed by atoms with van der Waals surface area (Å²) >= 11 is 0. The van der Waals surface area contributed by atoms with E-state index in [0.29, 0.717) is 12.8 Å². The minimum Gasteiger partial charge on any atom is -0.480 e. The van der Waals surface area contributed by atoms with Crippen LogP contribution in [0.3, 0.4) is 0 Å². The molecule has 0 rings (SSSR count). The van der Waals surface area contributed by atoms with Crippen molar-refractivity contribution in [2.24, 2.45) is 0 Å². The summed E-state index contributed by atoms with van der Waals surface area (Å²) in [4.78, 5) is 22.5. The van der Waals surface area contributed by atoms with E-state index in [-0.39, 0.29) is 12.2 Å². The first-order chi connectivity index (χ1) is 7.60. The van der Waals surface area contributed by atoms with Crippen molar-refractivity contribution in [1.82, 2.24) is 5.32 Å². The lowest BCUT2D eigenvalue weighted by molar-refractivity contribution is -0.147. The van der Waals surface area contributed by atoms with Gasteiger partial charge in [-0.05, 0) is 13.3 Å². The van der Waals surface area contributed by atoms with Crippen LogP contribution in [0.15, 0.2) is 0 Å². The quantitative estimate of drug-likeness (QED) is 0.684. The number of sulfone groups is 1. The third-order valence-corrected chi connectivity index (χ3v) is 3.28. The normalized spacial score (nSPS) is 15.0. The molecule has 0 aliphatic heterocycles. The van der Waals surface area contributed by atoms with Gasteiger partial charge in [0.05, 0.1) is 5.75 Å². The number of carboxylic acids is 1. The van der Waals surface area contributed by atoms with Gasteiger partial charge in [-0.3, -0.25) is 4.79 Å². The highest BCUT2D eigenvalue weighted by molar-refractivity contribution is 7.90. The van der Waals surface area contributed by atoms with Crippen LogP contribution in [0.25, 0.3) is 0 Å². The Morgan fingerprint density at radius 1 is 1.35 bits per heavy atom. The molecular weight excluding hydrogens is 246 g/mol. The molecule has 0 spiro atoms. The molecule has 0 fully saturated rings. The van der Waals surface area contributed by atoms with E-state index < -0.39 is 27.3 Å². The minimum absolute atomic E-state index is 0.217. The first kappa shape index (κ1) is 15.9. The molecular formula is C10H19NO5S. The lowest BCUT2D eigenvalue weighted by atomic mass is 9.96. The van der Waals surface area contributed by atoms with Crippen LogP contribution in [0, 0.1) is 0 Å². The Bertz CT molecular complexity index is 390. The van der Waals surface area contributed by atoms with Gasteiger partial charge in [0, 0.05) is 12.7 Å². The molecule has 0 saturated carbocycles. The van der Waals surface area contributed by atoms with Crippen molar-refractivity contribution in [3.8, 4) is 0 Å². The number of amides is 1. The number of nitrogens with one attached hydrogen (secondary N) is 1. The summed E-state index contributed by atoms with van der Waals surface area (Å²) in [6.07, 6.45) is 1.72. The molecule has 1 unspecified atom stereocenters. The Balaban J connectivity index is 4.48. The van der Waals surface area contributed by atoms with Gasteiger partial charge in [-0.1, -0.05) is 13.3 Å². The zero-order valence-electron chi connectivity index (χ0n) is 10.3. The predicted molar refractivity (Wildman–Crippen MR) is 63.4 cm³/mol. The minimum atomic E-state index is -3.22. The maximum atomic E-state index is 11.4. The van der Waals surface area contributed by atoms with Crippen molar-refractivity contribution in [2.75, 3.05) is 12.0 Å². The summed E-state index contributed by atoms with van der Waals surface area (Å²) in [5.74, 6) is -1.96. The van der Waals surface area contributed by atoms with E-state index in [1.165, 1.54) is 6.92 Å². The van der Waals surface area contributed by atoms with Crippen LogP contribution in [-0.4, -0.2) is 42.9 Å². The highest BCUT2D eigenvalue weighted by Crippen LogP contribution is 2.12. The summed E-state index contributed by atoms with van der Waals surface area (Å²) in [6, 6.07) is 0. The number of hydrogen-bond donors (Lipinski definition) is 2. The predicted octanol–water partition coefficient (Wildman–Crippen LogP) is 0.181. The second-order valence-corrected chi connectivity index (χ2v) is 6.58. The zero-order chi connectivity index (χ0) is 13.7. The van der Waals surface area contributed by atoms with E-state index in [1.54, 1.807) is 0 Å². The van der Waals surface area contributed by atoms with Crippen LogP contribution in [0.2, 0.25) is 0 Å². The fraction of sp³-hybridized carbons (Fsp3) is 0.800. The lowest BCUT2D eigenvalue weighted by Gasteiger charge is -2.25. The van der Waals surface area contributed by atoms with E-state index in [4.69, 9.17) is 5.11 Å². The molecule has 0 aromatic rings. The number of hydrogen-bond acceptors (Lipinski definition) is 4. The van der Waals surface area contributed by atoms with Gasteiger partial charge >= 0.3 is 5.97 Å². The second kappa shape index (κ2) is 6.00. The van der Waals surface area contributed by atoms with E-state index in [0.717, 1.165) is 6.26 Å². The van der Waals surface area contributed by atoms with Gasteiger partial charge in [-0.25, -0.2) is 13.2 Å². The van der Waals surface area contributed by atoms with Crippen molar-refractivity contribution in [1.29, 1.82) is 0 Å². The Hall–Kier alpha value is -1.11. The average molecular weight is 265 g/mol. The van der Waals surface area contributed by atoms with Crippen LogP contribution in [0.5, 0.6) is 0 Å². The molecule has 0 radical (unpaired) electrons. The summed E-state index contributed by atoms with van der Waals surface area (Å²) in [5.41, 5.74) is -1.33. The first-order valence-corrected chi connectivity index (χ1v) is 7.39. The summed E-state index contributed by atoms with van der Waals surface area (Å²) in [7, 11) is -3.22. The molecule has 0 heterocycles. The molecule has 7 heteroatoms. The number of carbonyl (C=O) groups is 2. The third kappa shape index (κ3) is 6.25. The fourth-order valence-corrected chi connectivity index (χ4v) is 1.93. The molecule has 17 heavy (non-hydrogen) atoms. The van der Waals surface area contributed by atoms with Crippen LogP contribution in [-0.2, 0) is 19.4 Å². The summed E-state index contributed by atoms with van der Waals surface area (Å²) < 4.78 is 21.7. The van der Waals surface area contributed by atoms with Crippen molar-refractivity contribution < 1.29 is 23.1 Å². The second-order valence-electron chi connectivity index (χ2n) is 4.32. The third-order valence-electron chi connectivity index (χ3n) is 2.34. The van der Waals surface area contributed by atoms with Crippen LogP contribution in [0.4, 0.5) is 0 Å².